The fourth-order valence-electron chi connectivity index (χ4n) is 2.57. The van der Waals surface area contributed by atoms with Crippen LogP contribution in [0.25, 0.3) is 10.9 Å². The van der Waals surface area contributed by atoms with Crippen LogP contribution in [0.2, 0.25) is 0 Å². The fraction of sp³-hybridized carbons (Fsp3) is 0.429. The van der Waals surface area contributed by atoms with E-state index in [2.05, 4.69) is 48.0 Å². The quantitative estimate of drug-likeness (QED) is 0.806. The highest BCUT2D eigenvalue weighted by atomic mass is 16.5. The Labute approximate surface area is 102 Å². The Balaban J connectivity index is 2.00. The minimum absolute atomic E-state index is 0.620. The van der Waals surface area contributed by atoms with Crippen LogP contribution in [-0.2, 0) is 0 Å². The topological polar surface area (TPSA) is 17.4 Å². The van der Waals surface area contributed by atoms with E-state index in [-0.39, 0.29) is 0 Å². The molecule has 3 nitrogen and oxygen atoms in total. The van der Waals surface area contributed by atoms with E-state index in [0.29, 0.717) is 12.1 Å². The molecule has 2 atom stereocenters. The van der Waals surface area contributed by atoms with Gasteiger partial charge in [0.05, 0.1) is 18.7 Å². The van der Waals surface area contributed by atoms with Crippen molar-refractivity contribution in [3.05, 3.63) is 30.5 Å². The molecule has 1 fully saturated rings. The summed E-state index contributed by atoms with van der Waals surface area (Å²) in [6, 6.07) is 9.74. The second-order valence-corrected chi connectivity index (χ2v) is 4.98. The van der Waals surface area contributed by atoms with Crippen molar-refractivity contribution in [1.82, 2.24) is 9.47 Å². The Morgan fingerprint density at radius 3 is 2.76 bits per heavy atom. The summed E-state index contributed by atoms with van der Waals surface area (Å²) in [6.07, 6.45) is 3.44. The molecule has 90 valence electrons. The molecule has 1 aliphatic carbocycles. The summed E-state index contributed by atoms with van der Waals surface area (Å²) in [5.74, 6) is 0.930. The summed E-state index contributed by atoms with van der Waals surface area (Å²) in [5, 5.41) is 1.29. The van der Waals surface area contributed by atoms with Crippen LogP contribution in [0.5, 0.6) is 5.75 Å². The molecule has 0 bridgehead atoms. The van der Waals surface area contributed by atoms with Gasteiger partial charge in [-0.25, -0.2) is 0 Å². The Hall–Kier alpha value is -1.48. The van der Waals surface area contributed by atoms with Crippen molar-refractivity contribution < 1.29 is 4.74 Å². The summed E-state index contributed by atoms with van der Waals surface area (Å²) >= 11 is 0. The maximum atomic E-state index is 5.30. The first-order valence-corrected chi connectivity index (χ1v) is 6.01. The van der Waals surface area contributed by atoms with Crippen molar-refractivity contribution in [1.29, 1.82) is 0 Å². The molecule has 0 saturated heterocycles. The molecule has 0 amide bonds. The molecular formula is C14H18N2O. The minimum atomic E-state index is 0.620. The number of likely N-dealkylation sites (N-methyl/N-ethyl adjacent to an activating group) is 1. The number of ether oxygens (including phenoxy) is 1. The molecule has 17 heavy (non-hydrogen) atoms. The maximum absolute atomic E-state index is 5.30. The van der Waals surface area contributed by atoms with E-state index in [9.17, 15) is 0 Å². The number of hydrogen-bond acceptors (Lipinski definition) is 2. The molecule has 3 heteroatoms. The third-order valence-electron chi connectivity index (χ3n) is 3.68. The fourth-order valence-corrected chi connectivity index (χ4v) is 2.57. The van der Waals surface area contributed by atoms with Gasteiger partial charge < -0.3 is 14.2 Å². The van der Waals surface area contributed by atoms with E-state index in [4.69, 9.17) is 4.74 Å². The standard InChI is InChI=1S/C14H18N2O/c1-15(2)13-9-14(13)16-7-6-10-4-5-11(17-3)8-12(10)16/h4-8,13-14H,9H2,1-3H3. The molecule has 1 heterocycles. The average molecular weight is 230 g/mol. The third-order valence-corrected chi connectivity index (χ3v) is 3.68. The Morgan fingerprint density at radius 2 is 2.12 bits per heavy atom. The lowest BCUT2D eigenvalue weighted by Gasteiger charge is -2.10. The van der Waals surface area contributed by atoms with Gasteiger partial charge in [-0.2, -0.15) is 0 Å². The second-order valence-electron chi connectivity index (χ2n) is 4.98. The van der Waals surface area contributed by atoms with Gasteiger partial charge in [-0.3, -0.25) is 0 Å². The minimum Gasteiger partial charge on any atom is -0.497 e. The van der Waals surface area contributed by atoms with Gasteiger partial charge in [-0.15, -0.1) is 0 Å². The zero-order chi connectivity index (χ0) is 12.0. The van der Waals surface area contributed by atoms with Crippen molar-refractivity contribution in [3.63, 3.8) is 0 Å². The molecule has 1 saturated carbocycles. The van der Waals surface area contributed by atoms with E-state index < -0.39 is 0 Å². The van der Waals surface area contributed by atoms with Crippen molar-refractivity contribution >= 4 is 10.9 Å². The molecule has 3 rings (SSSR count). The number of rotatable bonds is 3. The molecule has 0 spiro atoms. The van der Waals surface area contributed by atoms with Gasteiger partial charge >= 0.3 is 0 Å². The number of benzene rings is 1. The first-order chi connectivity index (χ1) is 8.20. The lowest BCUT2D eigenvalue weighted by atomic mass is 10.2. The molecule has 0 aliphatic heterocycles. The average Bonchev–Trinajstić information content (AvgIpc) is 3.02. The van der Waals surface area contributed by atoms with Gasteiger partial charge in [0.25, 0.3) is 0 Å². The van der Waals surface area contributed by atoms with Gasteiger partial charge in [0.1, 0.15) is 5.75 Å². The molecule has 1 aromatic carbocycles. The summed E-state index contributed by atoms with van der Waals surface area (Å²) in [4.78, 5) is 2.30. The van der Waals surface area contributed by atoms with Gasteiger partial charge in [0, 0.05) is 18.3 Å². The monoisotopic (exact) mass is 230 g/mol. The molecule has 2 unspecified atom stereocenters. The van der Waals surface area contributed by atoms with Crippen molar-refractivity contribution in [2.45, 2.75) is 18.5 Å². The highest BCUT2D eigenvalue weighted by Gasteiger charge is 2.40. The predicted molar refractivity (Wildman–Crippen MR) is 69.6 cm³/mol. The summed E-state index contributed by atoms with van der Waals surface area (Å²) in [6.45, 7) is 0. The molecule has 0 N–H and O–H groups in total. The predicted octanol–water partition coefficient (Wildman–Crippen LogP) is 2.52. The molecule has 1 aliphatic rings. The molecule has 1 aromatic heterocycles. The summed E-state index contributed by atoms with van der Waals surface area (Å²) < 4.78 is 7.67. The van der Waals surface area contributed by atoms with Crippen LogP contribution < -0.4 is 4.74 Å². The van der Waals surface area contributed by atoms with Crippen molar-refractivity contribution in [2.75, 3.05) is 21.2 Å². The van der Waals surface area contributed by atoms with E-state index in [1.165, 1.54) is 17.3 Å². The zero-order valence-electron chi connectivity index (χ0n) is 10.6. The maximum Gasteiger partial charge on any atom is 0.120 e. The van der Waals surface area contributed by atoms with Crippen LogP contribution in [0, 0.1) is 0 Å². The number of fused-ring (bicyclic) bond motifs is 1. The highest BCUT2D eigenvalue weighted by molar-refractivity contribution is 5.82. The van der Waals surface area contributed by atoms with Crippen LogP contribution in [0.15, 0.2) is 30.5 Å². The number of aromatic nitrogens is 1. The van der Waals surface area contributed by atoms with E-state index in [1.807, 2.05) is 6.07 Å². The summed E-state index contributed by atoms with van der Waals surface area (Å²) in [5.41, 5.74) is 1.28. The normalized spacial score (nSPS) is 23.3. The van der Waals surface area contributed by atoms with Crippen LogP contribution in [0.1, 0.15) is 12.5 Å². The van der Waals surface area contributed by atoms with E-state index in [1.54, 1.807) is 7.11 Å². The van der Waals surface area contributed by atoms with Crippen molar-refractivity contribution in [2.24, 2.45) is 0 Å². The second kappa shape index (κ2) is 3.77. The van der Waals surface area contributed by atoms with E-state index >= 15 is 0 Å². The largest absolute Gasteiger partial charge is 0.497 e. The third kappa shape index (κ3) is 1.71. The van der Waals surface area contributed by atoms with Crippen LogP contribution in [-0.4, -0.2) is 36.7 Å². The van der Waals surface area contributed by atoms with Crippen LogP contribution in [0.3, 0.4) is 0 Å². The zero-order valence-corrected chi connectivity index (χ0v) is 10.6. The Morgan fingerprint density at radius 1 is 1.29 bits per heavy atom. The highest BCUT2D eigenvalue weighted by Crippen LogP contribution is 2.41. The van der Waals surface area contributed by atoms with Crippen molar-refractivity contribution in [3.8, 4) is 5.75 Å². The Bertz CT molecular complexity index is 544. The van der Waals surface area contributed by atoms with Crippen LogP contribution in [0.4, 0.5) is 0 Å². The smallest absolute Gasteiger partial charge is 0.120 e. The van der Waals surface area contributed by atoms with Gasteiger partial charge in [-0.1, -0.05) is 0 Å². The van der Waals surface area contributed by atoms with E-state index in [0.717, 1.165) is 5.75 Å². The number of hydrogen-bond donors (Lipinski definition) is 0. The first-order valence-electron chi connectivity index (χ1n) is 6.01. The first kappa shape index (κ1) is 10.7. The number of methoxy groups -OCH3 is 1. The SMILES string of the molecule is COc1ccc2ccn(C3CC3N(C)C)c2c1. The van der Waals surface area contributed by atoms with Gasteiger partial charge in [0.15, 0.2) is 0 Å². The van der Waals surface area contributed by atoms with Crippen LogP contribution >= 0.6 is 0 Å². The Kier molecular flexibility index (Phi) is 2.37. The molecule has 0 radical (unpaired) electrons. The van der Waals surface area contributed by atoms with Gasteiger partial charge in [-0.05, 0) is 44.1 Å². The summed E-state index contributed by atoms with van der Waals surface area (Å²) in [7, 11) is 6.02. The molecule has 2 aromatic rings. The van der Waals surface area contributed by atoms with Gasteiger partial charge in [0.2, 0.25) is 0 Å². The lowest BCUT2D eigenvalue weighted by Crippen LogP contribution is -2.17. The molecular weight excluding hydrogens is 212 g/mol. The lowest BCUT2D eigenvalue weighted by molar-refractivity contribution is 0.377. The number of nitrogens with zero attached hydrogens (tertiary/aromatic N) is 2.